The van der Waals surface area contributed by atoms with Crippen molar-refractivity contribution in [1.82, 2.24) is 0 Å². The standard InChI is InChI=1S/C46H80O8P2/c1-29(2)39-21-13-33(9)25-43(39)51-55(47,52-44-26-34(10)14-22-40(44)30(3)4)49-37-17-19-38(20-18-37)50-56(48,53-45-27-35(11)15-23-41(45)31(5)6)54-46-28-36(12)16-24-42(46)32(7)8/h17-20,29-36,39-46H,13-16,21-28H2,1-12H3/t33-,34-,35-,36-,39+,40+,41+,42+,43-,44-,45-,46-/m1/s1. The predicted octanol–water partition coefficient (Wildman–Crippen LogP) is 14.6. The monoisotopic (exact) mass is 823 g/mol. The molecule has 0 aromatic heterocycles. The molecule has 0 unspecified atom stereocenters. The van der Waals surface area contributed by atoms with E-state index in [0.29, 0.717) is 58.8 Å². The van der Waals surface area contributed by atoms with E-state index in [9.17, 15) is 0 Å². The summed E-state index contributed by atoms with van der Waals surface area (Å²) < 4.78 is 69.5. The quantitative estimate of drug-likeness (QED) is 0.152. The first kappa shape index (κ1) is 46.2. The summed E-state index contributed by atoms with van der Waals surface area (Å²) >= 11 is 0. The van der Waals surface area contributed by atoms with Crippen LogP contribution in [0.3, 0.4) is 0 Å². The van der Waals surface area contributed by atoms with Crippen LogP contribution in [0.2, 0.25) is 0 Å². The zero-order valence-corrected chi connectivity index (χ0v) is 39.0. The number of phosphoric acid groups is 2. The van der Waals surface area contributed by atoms with E-state index in [1.807, 2.05) is 0 Å². The maximum absolute atomic E-state index is 15.1. The first-order chi connectivity index (χ1) is 26.3. The summed E-state index contributed by atoms with van der Waals surface area (Å²) in [6.45, 7) is 26.8. The minimum Gasteiger partial charge on any atom is -0.404 e. The van der Waals surface area contributed by atoms with Gasteiger partial charge in [0.2, 0.25) is 0 Å². The molecule has 5 rings (SSSR count). The van der Waals surface area contributed by atoms with Crippen LogP contribution in [-0.4, -0.2) is 24.4 Å². The van der Waals surface area contributed by atoms with Gasteiger partial charge in [-0.2, -0.15) is 0 Å². The summed E-state index contributed by atoms with van der Waals surface area (Å²) in [4.78, 5) is 0. The second-order valence-electron chi connectivity index (χ2n) is 20.4. The Morgan fingerprint density at radius 3 is 0.821 bits per heavy atom. The minimum atomic E-state index is -4.08. The Kier molecular flexibility index (Phi) is 16.6. The van der Waals surface area contributed by atoms with Gasteiger partial charge in [0.25, 0.3) is 0 Å². The van der Waals surface area contributed by atoms with Crippen LogP contribution in [-0.2, 0) is 27.2 Å². The van der Waals surface area contributed by atoms with E-state index < -0.39 is 15.6 Å². The van der Waals surface area contributed by atoms with Crippen LogP contribution in [0.5, 0.6) is 11.5 Å². The Morgan fingerprint density at radius 1 is 0.411 bits per heavy atom. The summed E-state index contributed by atoms with van der Waals surface area (Å²) in [6, 6.07) is 6.85. The van der Waals surface area contributed by atoms with Crippen molar-refractivity contribution in [2.75, 3.05) is 0 Å². The van der Waals surface area contributed by atoms with Crippen molar-refractivity contribution in [3.63, 3.8) is 0 Å². The molecule has 1 aromatic rings. The van der Waals surface area contributed by atoms with Gasteiger partial charge in [0, 0.05) is 0 Å². The van der Waals surface area contributed by atoms with Gasteiger partial charge in [-0.1, -0.05) is 109 Å². The molecule has 0 N–H and O–H groups in total. The van der Waals surface area contributed by atoms with Crippen LogP contribution in [0.25, 0.3) is 0 Å². The van der Waals surface area contributed by atoms with Crippen molar-refractivity contribution in [2.24, 2.45) is 71.0 Å². The summed E-state index contributed by atoms with van der Waals surface area (Å²) in [5.41, 5.74) is 0. The van der Waals surface area contributed by atoms with Crippen LogP contribution in [0.15, 0.2) is 24.3 Å². The molecule has 0 bridgehead atoms. The number of benzene rings is 1. The van der Waals surface area contributed by atoms with Gasteiger partial charge in [-0.05, 0) is 147 Å². The molecule has 4 fully saturated rings. The van der Waals surface area contributed by atoms with Gasteiger partial charge in [-0.3, -0.25) is 18.1 Å². The van der Waals surface area contributed by atoms with Crippen LogP contribution in [0.1, 0.15) is 160 Å². The number of phosphoric ester groups is 2. The van der Waals surface area contributed by atoms with Crippen LogP contribution >= 0.6 is 15.6 Å². The highest BCUT2D eigenvalue weighted by Gasteiger charge is 2.46. The minimum absolute atomic E-state index is 0.222. The molecule has 8 nitrogen and oxygen atoms in total. The lowest BCUT2D eigenvalue weighted by atomic mass is 9.75. The fourth-order valence-corrected chi connectivity index (χ4v) is 13.9. The summed E-state index contributed by atoms with van der Waals surface area (Å²) in [6.07, 6.45) is 11.1. The molecule has 56 heavy (non-hydrogen) atoms. The molecule has 1 aromatic carbocycles. The van der Waals surface area contributed by atoms with Gasteiger partial charge in [-0.25, -0.2) is 9.13 Å². The smallest absolute Gasteiger partial charge is 0.404 e. The second kappa shape index (κ2) is 20.1. The van der Waals surface area contributed by atoms with Crippen molar-refractivity contribution >= 4 is 15.6 Å². The largest absolute Gasteiger partial charge is 0.530 e. The number of hydrogen-bond donors (Lipinski definition) is 0. The summed E-state index contributed by atoms with van der Waals surface area (Å²) in [7, 11) is -8.16. The molecule has 0 heterocycles. The molecule has 4 aliphatic carbocycles. The van der Waals surface area contributed by atoms with E-state index in [-0.39, 0.29) is 48.1 Å². The van der Waals surface area contributed by atoms with E-state index in [0.717, 1.165) is 77.0 Å². The molecule has 0 saturated heterocycles. The average Bonchev–Trinajstić information content (AvgIpc) is 3.08. The highest BCUT2D eigenvalue weighted by molar-refractivity contribution is 7.49. The first-order valence-corrected chi connectivity index (χ1v) is 25.7. The van der Waals surface area contributed by atoms with Gasteiger partial charge in [0.05, 0.1) is 24.4 Å². The lowest BCUT2D eigenvalue weighted by Gasteiger charge is -2.41. The Morgan fingerprint density at radius 2 is 0.625 bits per heavy atom. The van der Waals surface area contributed by atoms with Crippen molar-refractivity contribution < 1.29 is 36.3 Å². The Balaban J connectivity index is 1.41. The molecule has 4 aliphatic rings. The lowest BCUT2D eigenvalue weighted by molar-refractivity contribution is -0.0210. The van der Waals surface area contributed by atoms with Crippen LogP contribution < -0.4 is 9.05 Å². The van der Waals surface area contributed by atoms with E-state index >= 15 is 9.13 Å². The molecular formula is C46H80O8P2. The molecule has 0 spiro atoms. The SMILES string of the molecule is CC(C)[C@@H]1CC[C@@H](C)C[C@H]1OP(=O)(Oc1ccc(OP(=O)(O[C@@H]2C[C@H](C)CC[C@H]2C(C)C)O[C@@H]2C[C@H](C)CC[C@H]2C(C)C)cc1)O[C@@H]1C[C@H](C)CC[C@H]1C(C)C. The third-order valence-electron chi connectivity index (χ3n) is 14.2. The topological polar surface area (TPSA) is 89.5 Å². The first-order valence-electron chi connectivity index (χ1n) is 22.8. The van der Waals surface area contributed by atoms with Crippen molar-refractivity contribution in [1.29, 1.82) is 0 Å². The molecule has 4 saturated carbocycles. The number of hydrogen-bond acceptors (Lipinski definition) is 8. The molecule has 0 radical (unpaired) electrons. The van der Waals surface area contributed by atoms with E-state index in [1.54, 1.807) is 24.3 Å². The average molecular weight is 823 g/mol. The van der Waals surface area contributed by atoms with Gasteiger partial charge >= 0.3 is 15.6 Å². The third kappa shape index (κ3) is 12.6. The lowest BCUT2D eigenvalue weighted by Crippen LogP contribution is -2.37. The molecule has 10 heteroatoms. The Labute approximate surface area is 342 Å². The molecule has 322 valence electrons. The fourth-order valence-electron chi connectivity index (χ4n) is 10.6. The van der Waals surface area contributed by atoms with Crippen LogP contribution in [0, 0.1) is 71.0 Å². The molecule has 12 atom stereocenters. The van der Waals surface area contributed by atoms with Gasteiger partial charge < -0.3 is 9.05 Å². The Hall–Kier alpha value is -0.880. The fraction of sp³-hybridized carbons (Fsp3) is 0.870. The maximum Gasteiger partial charge on any atom is 0.530 e. The summed E-state index contributed by atoms with van der Waals surface area (Å²) in [5.74, 6) is 5.22. The molecule has 0 aliphatic heterocycles. The van der Waals surface area contributed by atoms with Gasteiger partial charge in [0.1, 0.15) is 11.5 Å². The second-order valence-corrected chi connectivity index (χ2v) is 23.4. The zero-order chi connectivity index (χ0) is 40.9. The zero-order valence-electron chi connectivity index (χ0n) is 37.2. The predicted molar refractivity (Wildman–Crippen MR) is 228 cm³/mol. The molecule has 0 amide bonds. The number of rotatable bonds is 16. The summed E-state index contributed by atoms with van der Waals surface area (Å²) in [5, 5.41) is 0. The van der Waals surface area contributed by atoms with Crippen molar-refractivity contribution in [3.05, 3.63) is 24.3 Å². The van der Waals surface area contributed by atoms with Crippen molar-refractivity contribution in [2.45, 2.75) is 185 Å². The van der Waals surface area contributed by atoms with Gasteiger partial charge in [-0.15, -0.1) is 0 Å². The van der Waals surface area contributed by atoms with E-state index in [1.165, 1.54) is 0 Å². The van der Waals surface area contributed by atoms with Crippen LogP contribution in [0.4, 0.5) is 0 Å². The van der Waals surface area contributed by atoms with E-state index in [4.69, 9.17) is 27.1 Å². The van der Waals surface area contributed by atoms with Gasteiger partial charge in [0.15, 0.2) is 0 Å². The normalized spacial score (nSPS) is 35.0. The highest BCUT2D eigenvalue weighted by Crippen LogP contribution is 2.59. The van der Waals surface area contributed by atoms with E-state index in [2.05, 4.69) is 83.1 Å². The highest BCUT2D eigenvalue weighted by atomic mass is 31.2. The molecular weight excluding hydrogens is 742 g/mol. The van der Waals surface area contributed by atoms with Crippen molar-refractivity contribution in [3.8, 4) is 11.5 Å². The third-order valence-corrected chi connectivity index (χ3v) is 17.1. The maximum atomic E-state index is 15.1. The Bertz CT molecular complexity index is 1260.